The van der Waals surface area contributed by atoms with Gasteiger partial charge < -0.3 is 25.2 Å². The summed E-state index contributed by atoms with van der Waals surface area (Å²) in [5, 5.41) is 5.85. The van der Waals surface area contributed by atoms with Crippen molar-refractivity contribution in [3.63, 3.8) is 0 Å². The molecule has 2 aromatic carbocycles. The number of methoxy groups -OCH3 is 1. The fourth-order valence-corrected chi connectivity index (χ4v) is 5.45. The van der Waals surface area contributed by atoms with Crippen molar-refractivity contribution >= 4 is 23.6 Å². The molecule has 4 atom stereocenters. The van der Waals surface area contributed by atoms with Crippen LogP contribution in [0.25, 0.3) is 0 Å². The van der Waals surface area contributed by atoms with Crippen molar-refractivity contribution in [2.45, 2.75) is 43.4 Å². The Balaban J connectivity index is 1.30. The van der Waals surface area contributed by atoms with Crippen LogP contribution in [-0.4, -0.2) is 77.8 Å². The predicted octanol–water partition coefficient (Wildman–Crippen LogP) is 0.876. The molecule has 3 saturated heterocycles. The summed E-state index contributed by atoms with van der Waals surface area (Å²) in [6.45, 7) is 0.439. The van der Waals surface area contributed by atoms with Crippen LogP contribution in [0.15, 0.2) is 48.5 Å². The van der Waals surface area contributed by atoms with Crippen molar-refractivity contribution in [1.29, 1.82) is 0 Å². The number of rotatable bonds is 5. The normalized spacial score (nSPS) is 25.1. The lowest BCUT2D eigenvalue weighted by Crippen LogP contribution is -2.52. The molecule has 9 nitrogen and oxygen atoms in total. The molecule has 3 aliphatic rings. The Morgan fingerprint density at radius 3 is 2.75 bits per heavy atom. The minimum atomic E-state index is -0.877. The van der Waals surface area contributed by atoms with Gasteiger partial charge in [0.25, 0.3) is 5.91 Å². The van der Waals surface area contributed by atoms with Crippen LogP contribution in [0, 0.1) is 5.82 Å². The maximum Gasteiger partial charge on any atom is 0.254 e. The van der Waals surface area contributed by atoms with E-state index in [-0.39, 0.29) is 49.2 Å². The molecular weight excluding hydrogens is 467 g/mol. The van der Waals surface area contributed by atoms with Crippen LogP contribution in [0.2, 0.25) is 0 Å². The molecule has 0 spiro atoms. The van der Waals surface area contributed by atoms with Gasteiger partial charge in [-0.3, -0.25) is 19.2 Å². The predicted molar refractivity (Wildman–Crippen MR) is 127 cm³/mol. The van der Waals surface area contributed by atoms with Crippen molar-refractivity contribution in [2.24, 2.45) is 0 Å². The van der Waals surface area contributed by atoms with Crippen molar-refractivity contribution in [3.05, 3.63) is 65.5 Å². The van der Waals surface area contributed by atoms with Gasteiger partial charge in [0.15, 0.2) is 0 Å². The third-order valence-electron chi connectivity index (χ3n) is 7.11. The molecule has 0 aromatic heterocycles. The molecule has 0 aliphatic carbocycles. The highest BCUT2D eigenvalue weighted by molar-refractivity contribution is 6.00. The van der Waals surface area contributed by atoms with Crippen LogP contribution >= 0.6 is 0 Å². The van der Waals surface area contributed by atoms with Crippen LogP contribution in [0.5, 0.6) is 5.75 Å². The van der Waals surface area contributed by atoms with Gasteiger partial charge in [0.2, 0.25) is 17.7 Å². The summed E-state index contributed by atoms with van der Waals surface area (Å²) in [7, 11) is 1.54. The van der Waals surface area contributed by atoms with Crippen molar-refractivity contribution in [1.82, 2.24) is 20.4 Å². The standard InChI is InChI=1S/C26H27FN4O5/c1-36-21-8-3-2-5-15(21)12-22(32)28-18-13-20-24(33)29-19-9-10-30(23(19)26(35)31(20)14-18)25(34)16-6-4-7-17(27)11-16/h2-8,11,18-20,23H,9-10,12-14H2,1H3,(H,28,32)(H,29,33). The fourth-order valence-electron chi connectivity index (χ4n) is 5.45. The van der Waals surface area contributed by atoms with E-state index in [1.807, 2.05) is 18.2 Å². The molecule has 3 heterocycles. The Kier molecular flexibility index (Phi) is 6.34. The van der Waals surface area contributed by atoms with Gasteiger partial charge in [-0.05, 0) is 37.1 Å². The van der Waals surface area contributed by atoms with Gasteiger partial charge in [0, 0.05) is 30.3 Å². The molecular formula is C26H27FN4O5. The van der Waals surface area contributed by atoms with E-state index in [0.717, 1.165) is 11.6 Å². The smallest absolute Gasteiger partial charge is 0.254 e. The summed E-state index contributed by atoms with van der Waals surface area (Å²) < 4.78 is 19.0. The molecule has 3 aliphatic heterocycles. The molecule has 188 valence electrons. The van der Waals surface area contributed by atoms with Gasteiger partial charge >= 0.3 is 0 Å². The number of carbonyl (C=O) groups is 4. The molecule has 4 unspecified atom stereocenters. The van der Waals surface area contributed by atoms with E-state index >= 15 is 0 Å². The van der Waals surface area contributed by atoms with Crippen LogP contribution in [0.3, 0.4) is 0 Å². The third kappa shape index (κ3) is 4.38. The Hall–Kier alpha value is -3.95. The monoisotopic (exact) mass is 494 g/mol. The second-order valence-electron chi connectivity index (χ2n) is 9.35. The first kappa shape index (κ1) is 23.8. The highest BCUT2D eigenvalue weighted by atomic mass is 19.1. The van der Waals surface area contributed by atoms with Gasteiger partial charge in [-0.2, -0.15) is 0 Å². The van der Waals surface area contributed by atoms with Crippen LogP contribution in [-0.2, 0) is 20.8 Å². The molecule has 36 heavy (non-hydrogen) atoms. The molecule has 0 radical (unpaired) electrons. The number of para-hydroxylation sites is 1. The average Bonchev–Trinajstić information content (AvgIpc) is 3.46. The van der Waals surface area contributed by atoms with E-state index in [1.165, 1.54) is 35.1 Å². The Labute approximate surface area is 207 Å². The number of amides is 4. The summed E-state index contributed by atoms with van der Waals surface area (Å²) in [5.74, 6) is -1.26. The molecule has 4 amide bonds. The summed E-state index contributed by atoms with van der Waals surface area (Å²) >= 11 is 0. The second-order valence-corrected chi connectivity index (χ2v) is 9.35. The van der Waals surface area contributed by atoms with Gasteiger partial charge in [-0.15, -0.1) is 0 Å². The Bertz CT molecular complexity index is 1220. The maximum atomic E-state index is 13.7. The number of hydrogen-bond acceptors (Lipinski definition) is 5. The highest BCUT2D eigenvalue weighted by Gasteiger charge is 2.52. The Morgan fingerprint density at radius 1 is 1.17 bits per heavy atom. The van der Waals surface area contributed by atoms with Gasteiger partial charge in [0.1, 0.15) is 23.7 Å². The first-order valence-corrected chi connectivity index (χ1v) is 11.9. The average molecular weight is 495 g/mol. The lowest BCUT2D eigenvalue weighted by molar-refractivity contribution is -0.138. The van der Waals surface area contributed by atoms with E-state index in [9.17, 15) is 23.6 Å². The fraction of sp³-hybridized carbons (Fsp3) is 0.385. The number of carbonyl (C=O) groups excluding carboxylic acids is 4. The number of nitrogens with zero attached hydrogens (tertiary/aromatic N) is 2. The zero-order valence-corrected chi connectivity index (χ0v) is 19.8. The SMILES string of the molecule is COc1ccccc1CC(=O)NC1CC2C(=O)NC3CCN(C(=O)c4cccc(F)c4)C3C(=O)N2C1. The highest BCUT2D eigenvalue weighted by Crippen LogP contribution is 2.30. The van der Waals surface area contributed by atoms with Crippen LogP contribution in [0.1, 0.15) is 28.8 Å². The van der Waals surface area contributed by atoms with Crippen molar-refractivity contribution in [3.8, 4) is 5.75 Å². The molecule has 0 saturated carbocycles. The topological polar surface area (TPSA) is 108 Å². The number of nitrogens with one attached hydrogen (secondary N) is 2. The van der Waals surface area contributed by atoms with Crippen molar-refractivity contribution in [2.75, 3.05) is 20.2 Å². The first-order chi connectivity index (χ1) is 17.4. The number of benzene rings is 2. The van der Waals surface area contributed by atoms with E-state index in [4.69, 9.17) is 4.74 Å². The molecule has 10 heteroatoms. The van der Waals surface area contributed by atoms with Gasteiger partial charge in [0.05, 0.1) is 19.6 Å². The van der Waals surface area contributed by atoms with Crippen molar-refractivity contribution < 1.29 is 28.3 Å². The maximum absolute atomic E-state index is 13.7. The van der Waals surface area contributed by atoms with E-state index < -0.39 is 35.9 Å². The quantitative estimate of drug-likeness (QED) is 0.642. The summed E-state index contributed by atoms with van der Waals surface area (Å²) in [6.07, 6.45) is 0.821. The molecule has 2 aromatic rings. The van der Waals surface area contributed by atoms with E-state index in [2.05, 4.69) is 10.6 Å². The van der Waals surface area contributed by atoms with E-state index in [1.54, 1.807) is 6.07 Å². The number of halogens is 1. The minimum Gasteiger partial charge on any atom is -0.496 e. The zero-order valence-electron chi connectivity index (χ0n) is 19.8. The van der Waals surface area contributed by atoms with Crippen LogP contribution in [0.4, 0.5) is 4.39 Å². The minimum absolute atomic E-state index is 0.103. The largest absolute Gasteiger partial charge is 0.496 e. The number of likely N-dealkylation sites (tertiary alicyclic amines) is 1. The molecule has 2 N–H and O–H groups in total. The Morgan fingerprint density at radius 2 is 1.97 bits per heavy atom. The summed E-state index contributed by atoms with van der Waals surface area (Å²) in [6, 6.07) is 10.0. The third-order valence-corrected chi connectivity index (χ3v) is 7.11. The number of hydrogen-bond donors (Lipinski definition) is 2. The molecule has 5 rings (SSSR count). The summed E-state index contributed by atoms with van der Waals surface area (Å²) in [4.78, 5) is 55.3. The lowest BCUT2D eigenvalue weighted by Gasteiger charge is -2.29. The van der Waals surface area contributed by atoms with Crippen LogP contribution < -0.4 is 15.4 Å². The number of fused-ring (bicyclic) bond motifs is 2. The molecule has 0 bridgehead atoms. The van der Waals surface area contributed by atoms with E-state index in [0.29, 0.717) is 12.2 Å². The zero-order chi connectivity index (χ0) is 25.4. The summed E-state index contributed by atoms with van der Waals surface area (Å²) in [5.41, 5.74) is 0.887. The molecule has 3 fully saturated rings. The lowest BCUT2D eigenvalue weighted by atomic mass is 10.1. The van der Waals surface area contributed by atoms with Gasteiger partial charge in [-0.25, -0.2) is 4.39 Å². The van der Waals surface area contributed by atoms with Gasteiger partial charge in [-0.1, -0.05) is 24.3 Å². The first-order valence-electron chi connectivity index (χ1n) is 11.9. The number of ether oxygens (including phenoxy) is 1. The second kappa shape index (κ2) is 9.60.